The highest BCUT2D eigenvalue weighted by atomic mass is 35.5. The zero-order valence-corrected chi connectivity index (χ0v) is 13.4. The van der Waals surface area contributed by atoms with Crippen LogP contribution in [0.15, 0.2) is 35.2 Å². The maximum Gasteiger partial charge on any atom is 0.251 e. The van der Waals surface area contributed by atoms with E-state index in [0.717, 1.165) is 12.1 Å². The molecule has 1 fully saturated rings. The van der Waals surface area contributed by atoms with Crippen LogP contribution in [0.3, 0.4) is 0 Å². The SMILES string of the molecule is CN1CCO[C@H](C(=O)N[C@@H](c2ccc(Cl)cc2)c2ncon2)C1. The lowest BCUT2D eigenvalue weighted by Gasteiger charge is -2.30. The van der Waals surface area contributed by atoms with Gasteiger partial charge < -0.3 is 19.5 Å². The third-order valence-corrected chi connectivity index (χ3v) is 3.94. The van der Waals surface area contributed by atoms with Crippen LogP contribution in [0.2, 0.25) is 5.02 Å². The smallest absolute Gasteiger partial charge is 0.251 e. The van der Waals surface area contributed by atoms with Crippen LogP contribution in [-0.4, -0.2) is 53.8 Å². The minimum atomic E-state index is -0.519. The molecule has 1 saturated heterocycles. The largest absolute Gasteiger partial charge is 0.366 e. The number of benzene rings is 1. The van der Waals surface area contributed by atoms with E-state index in [2.05, 4.69) is 20.4 Å². The Kier molecular flexibility index (Phi) is 4.90. The fourth-order valence-electron chi connectivity index (χ4n) is 2.43. The highest BCUT2D eigenvalue weighted by Crippen LogP contribution is 2.21. The van der Waals surface area contributed by atoms with Crippen molar-refractivity contribution in [1.29, 1.82) is 0 Å². The number of aromatic nitrogens is 2. The zero-order valence-electron chi connectivity index (χ0n) is 12.6. The van der Waals surface area contributed by atoms with Gasteiger partial charge in [0.05, 0.1) is 6.61 Å². The lowest BCUT2D eigenvalue weighted by Crippen LogP contribution is -2.49. The van der Waals surface area contributed by atoms with E-state index < -0.39 is 12.1 Å². The summed E-state index contributed by atoms with van der Waals surface area (Å²) in [7, 11) is 1.96. The van der Waals surface area contributed by atoms with Crippen molar-refractivity contribution in [2.45, 2.75) is 12.1 Å². The molecule has 1 aliphatic heterocycles. The second-order valence-electron chi connectivity index (χ2n) is 5.40. The standard InChI is InChI=1S/C15H17ClN4O3/c1-20-6-7-22-12(8-20)15(21)18-13(14-17-9-23-19-14)10-2-4-11(16)5-3-10/h2-5,9,12-13H,6-8H2,1H3,(H,18,21)/t12-,13-/m0/s1. The topological polar surface area (TPSA) is 80.5 Å². The average molecular weight is 337 g/mol. The van der Waals surface area contributed by atoms with Crippen LogP contribution < -0.4 is 5.32 Å². The molecule has 23 heavy (non-hydrogen) atoms. The summed E-state index contributed by atoms with van der Waals surface area (Å²) in [5.41, 5.74) is 0.813. The molecule has 1 amide bonds. The van der Waals surface area contributed by atoms with Gasteiger partial charge in [0.15, 0.2) is 5.82 Å². The number of ether oxygens (including phenoxy) is 1. The van der Waals surface area contributed by atoms with Gasteiger partial charge in [-0.1, -0.05) is 28.9 Å². The van der Waals surface area contributed by atoms with Crippen molar-refractivity contribution in [2.75, 3.05) is 26.7 Å². The molecule has 0 aliphatic carbocycles. The molecule has 0 saturated carbocycles. The maximum atomic E-state index is 12.5. The number of carbonyl (C=O) groups excluding carboxylic acids is 1. The molecule has 2 heterocycles. The van der Waals surface area contributed by atoms with Crippen molar-refractivity contribution in [1.82, 2.24) is 20.4 Å². The number of hydrogen-bond donors (Lipinski definition) is 1. The fraction of sp³-hybridized carbons (Fsp3) is 0.400. The van der Waals surface area contributed by atoms with Crippen LogP contribution in [0.5, 0.6) is 0 Å². The second kappa shape index (κ2) is 7.08. The third kappa shape index (κ3) is 3.87. The first kappa shape index (κ1) is 15.9. The summed E-state index contributed by atoms with van der Waals surface area (Å²) < 4.78 is 10.4. The molecule has 0 spiro atoms. The van der Waals surface area contributed by atoms with Crippen molar-refractivity contribution < 1.29 is 14.1 Å². The first-order valence-corrected chi connectivity index (χ1v) is 7.63. The van der Waals surface area contributed by atoms with Crippen molar-refractivity contribution >= 4 is 17.5 Å². The molecule has 2 aromatic rings. The normalized spacial score (nSPS) is 20.2. The van der Waals surface area contributed by atoms with Crippen LogP contribution >= 0.6 is 11.6 Å². The average Bonchev–Trinajstić information content (AvgIpc) is 3.07. The van der Waals surface area contributed by atoms with Crippen LogP contribution in [-0.2, 0) is 9.53 Å². The lowest BCUT2D eigenvalue weighted by atomic mass is 10.1. The Morgan fingerprint density at radius 3 is 2.87 bits per heavy atom. The van der Waals surface area contributed by atoms with E-state index >= 15 is 0 Å². The van der Waals surface area contributed by atoms with E-state index in [4.69, 9.17) is 20.9 Å². The number of nitrogens with zero attached hydrogens (tertiary/aromatic N) is 3. The summed E-state index contributed by atoms with van der Waals surface area (Å²) in [5, 5.41) is 7.39. The molecule has 1 aromatic heterocycles. The van der Waals surface area contributed by atoms with Gasteiger partial charge in [0.1, 0.15) is 12.1 Å². The van der Waals surface area contributed by atoms with Crippen molar-refractivity contribution in [3.05, 3.63) is 47.1 Å². The molecular formula is C15H17ClN4O3. The molecule has 1 N–H and O–H groups in total. The molecular weight excluding hydrogens is 320 g/mol. The number of carbonyl (C=O) groups is 1. The summed E-state index contributed by atoms with van der Waals surface area (Å²) in [6, 6.07) is 6.62. The number of amides is 1. The quantitative estimate of drug-likeness (QED) is 0.905. The van der Waals surface area contributed by atoms with Crippen LogP contribution in [0, 0.1) is 0 Å². The van der Waals surface area contributed by atoms with Crippen molar-refractivity contribution in [2.24, 2.45) is 0 Å². The van der Waals surface area contributed by atoms with Crippen LogP contribution in [0.25, 0.3) is 0 Å². The monoisotopic (exact) mass is 336 g/mol. The summed E-state index contributed by atoms with van der Waals surface area (Å²) in [4.78, 5) is 18.6. The van der Waals surface area contributed by atoms with Gasteiger partial charge in [-0.2, -0.15) is 4.98 Å². The second-order valence-corrected chi connectivity index (χ2v) is 5.84. The van der Waals surface area contributed by atoms with E-state index in [1.165, 1.54) is 6.39 Å². The third-order valence-electron chi connectivity index (χ3n) is 3.69. The molecule has 0 unspecified atom stereocenters. The Morgan fingerprint density at radius 1 is 1.43 bits per heavy atom. The number of likely N-dealkylation sites (N-methyl/N-ethyl adjacent to an activating group) is 1. The molecule has 7 nitrogen and oxygen atoms in total. The summed E-state index contributed by atoms with van der Waals surface area (Å²) in [5.74, 6) is 0.172. The number of halogens is 1. The van der Waals surface area contributed by atoms with E-state index in [0.29, 0.717) is 24.0 Å². The van der Waals surface area contributed by atoms with E-state index in [1.54, 1.807) is 12.1 Å². The van der Waals surface area contributed by atoms with Crippen molar-refractivity contribution in [3.8, 4) is 0 Å². The van der Waals surface area contributed by atoms with Crippen molar-refractivity contribution in [3.63, 3.8) is 0 Å². The van der Waals surface area contributed by atoms with E-state index in [9.17, 15) is 4.79 Å². The van der Waals surface area contributed by atoms with E-state index in [1.807, 2.05) is 19.2 Å². The Labute approximate surface area is 138 Å². The molecule has 2 atom stereocenters. The van der Waals surface area contributed by atoms with Gasteiger partial charge in [0, 0.05) is 18.1 Å². The number of hydrogen-bond acceptors (Lipinski definition) is 6. The van der Waals surface area contributed by atoms with Gasteiger partial charge in [0.25, 0.3) is 5.91 Å². The fourth-order valence-corrected chi connectivity index (χ4v) is 2.56. The highest BCUT2D eigenvalue weighted by molar-refractivity contribution is 6.30. The molecule has 0 radical (unpaired) electrons. The number of rotatable bonds is 4. The predicted octanol–water partition coefficient (Wildman–Crippen LogP) is 1.26. The summed E-state index contributed by atoms with van der Waals surface area (Å²) in [6.45, 7) is 1.89. The highest BCUT2D eigenvalue weighted by Gasteiger charge is 2.29. The molecule has 1 aromatic carbocycles. The maximum absolute atomic E-state index is 12.5. The van der Waals surface area contributed by atoms with Gasteiger partial charge >= 0.3 is 0 Å². The van der Waals surface area contributed by atoms with Crippen LogP contribution in [0.4, 0.5) is 0 Å². The first-order valence-electron chi connectivity index (χ1n) is 7.26. The first-order chi connectivity index (χ1) is 11.1. The summed E-state index contributed by atoms with van der Waals surface area (Å²) in [6.07, 6.45) is 0.713. The molecule has 0 bridgehead atoms. The lowest BCUT2D eigenvalue weighted by molar-refractivity contribution is -0.138. The van der Waals surface area contributed by atoms with Gasteiger partial charge in [-0.15, -0.1) is 0 Å². The van der Waals surface area contributed by atoms with Gasteiger partial charge in [-0.3, -0.25) is 4.79 Å². The molecule has 122 valence electrons. The zero-order chi connectivity index (χ0) is 16.2. The van der Waals surface area contributed by atoms with Gasteiger partial charge in [0.2, 0.25) is 6.39 Å². The Hall–Kier alpha value is -1.96. The number of morpholine rings is 1. The Balaban J connectivity index is 1.79. The summed E-state index contributed by atoms with van der Waals surface area (Å²) >= 11 is 5.92. The Morgan fingerprint density at radius 2 is 2.22 bits per heavy atom. The molecule has 8 heteroatoms. The van der Waals surface area contributed by atoms with Crippen LogP contribution in [0.1, 0.15) is 17.4 Å². The molecule has 1 aliphatic rings. The minimum absolute atomic E-state index is 0.207. The minimum Gasteiger partial charge on any atom is -0.366 e. The van der Waals surface area contributed by atoms with Gasteiger partial charge in [-0.25, -0.2) is 0 Å². The number of nitrogens with one attached hydrogen (secondary N) is 1. The van der Waals surface area contributed by atoms with E-state index in [-0.39, 0.29) is 5.91 Å². The predicted molar refractivity (Wildman–Crippen MR) is 83.0 cm³/mol. The Bertz CT molecular complexity index is 647. The van der Waals surface area contributed by atoms with Gasteiger partial charge in [-0.05, 0) is 24.7 Å². The molecule has 3 rings (SSSR count).